The Kier molecular flexibility index (Phi) is 5.53. The molecule has 1 aromatic carbocycles. The fourth-order valence-corrected chi connectivity index (χ4v) is 1.53. The molecule has 0 fully saturated rings. The summed E-state index contributed by atoms with van der Waals surface area (Å²) in [6.07, 6.45) is 0.733. The number of amides is 2. The topological polar surface area (TPSA) is 95.5 Å². The molecular weight excluding hydrogens is 248 g/mol. The number of hydrogen-bond acceptors (Lipinski definition) is 3. The Hall–Kier alpha value is -2.37. The molecule has 0 spiro atoms. The molecule has 102 valence electrons. The van der Waals surface area contributed by atoms with E-state index in [0.717, 1.165) is 5.56 Å². The predicted molar refractivity (Wildman–Crippen MR) is 68.4 cm³/mol. The highest BCUT2D eigenvalue weighted by atomic mass is 16.4. The number of rotatable bonds is 7. The molecule has 2 atom stereocenters. The van der Waals surface area contributed by atoms with Crippen molar-refractivity contribution in [2.45, 2.75) is 25.4 Å². The average molecular weight is 264 g/mol. The molecule has 6 nitrogen and oxygen atoms in total. The van der Waals surface area contributed by atoms with Gasteiger partial charge in [0, 0.05) is 6.42 Å². The van der Waals surface area contributed by atoms with Crippen LogP contribution in [0.25, 0.3) is 0 Å². The van der Waals surface area contributed by atoms with Crippen molar-refractivity contribution < 1.29 is 19.5 Å². The van der Waals surface area contributed by atoms with Crippen molar-refractivity contribution in [3.8, 4) is 0 Å². The fourth-order valence-electron chi connectivity index (χ4n) is 1.53. The van der Waals surface area contributed by atoms with Crippen LogP contribution in [-0.2, 0) is 20.8 Å². The zero-order valence-electron chi connectivity index (χ0n) is 10.5. The van der Waals surface area contributed by atoms with Gasteiger partial charge in [0.2, 0.25) is 12.3 Å². The minimum Gasteiger partial charge on any atom is -0.480 e. The molecule has 1 aromatic rings. The molecule has 0 saturated carbocycles. The van der Waals surface area contributed by atoms with Gasteiger partial charge in [-0.2, -0.15) is 0 Å². The molecular formula is C13H16N2O4. The summed E-state index contributed by atoms with van der Waals surface area (Å²) in [4.78, 5) is 33.0. The van der Waals surface area contributed by atoms with E-state index >= 15 is 0 Å². The van der Waals surface area contributed by atoms with E-state index in [-0.39, 0.29) is 0 Å². The molecule has 0 radical (unpaired) electrons. The maximum atomic E-state index is 11.9. The fraction of sp³-hybridized carbons (Fsp3) is 0.308. The van der Waals surface area contributed by atoms with E-state index in [2.05, 4.69) is 10.6 Å². The SMILES string of the molecule is CC(NC(=O)C(Cc1ccccc1)NC=O)C(=O)O. The number of carbonyl (C=O) groups excluding carboxylic acids is 2. The van der Waals surface area contributed by atoms with E-state index in [1.807, 2.05) is 30.3 Å². The van der Waals surface area contributed by atoms with Crippen LogP contribution in [0.4, 0.5) is 0 Å². The zero-order chi connectivity index (χ0) is 14.3. The summed E-state index contributed by atoms with van der Waals surface area (Å²) in [7, 11) is 0. The second-order valence-electron chi connectivity index (χ2n) is 4.10. The lowest BCUT2D eigenvalue weighted by molar-refractivity contribution is -0.141. The predicted octanol–water partition coefficient (Wildman–Crippen LogP) is -0.0670. The molecule has 0 heterocycles. The molecule has 2 amide bonds. The highest BCUT2D eigenvalue weighted by molar-refractivity contribution is 5.88. The largest absolute Gasteiger partial charge is 0.480 e. The van der Waals surface area contributed by atoms with Crippen LogP contribution in [0.3, 0.4) is 0 Å². The second-order valence-corrected chi connectivity index (χ2v) is 4.10. The second kappa shape index (κ2) is 7.15. The number of carboxylic acid groups (broad SMARTS) is 1. The van der Waals surface area contributed by atoms with Crippen molar-refractivity contribution in [1.29, 1.82) is 0 Å². The van der Waals surface area contributed by atoms with Crippen LogP contribution in [0, 0.1) is 0 Å². The molecule has 19 heavy (non-hydrogen) atoms. The van der Waals surface area contributed by atoms with E-state index in [0.29, 0.717) is 12.8 Å². The zero-order valence-corrected chi connectivity index (χ0v) is 10.5. The first-order chi connectivity index (χ1) is 9.04. The standard InChI is InChI=1S/C13H16N2O4/c1-9(13(18)19)15-12(17)11(14-8-16)7-10-5-3-2-4-6-10/h2-6,8-9,11H,7H2,1H3,(H,14,16)(H,15,17)(H,18,19). The monoisotopic (exact) mass is 264 g/mol. The summed E-state index contributed by atoms with van der Waals surface area (Å²) in [5.74, 6) is -1.65. The number of hydrogen-bond donors (Lipinski definition) is 3. The molecule has 0 aliphatic rings. The Labute approximate surface area is 110 Å². The Balaban J connectivity index is 2.69. The van der Waals surface area contributed by atoms with Gasteiger partial charge in [-0.05, 0) is 12.5 Å². The Morgan fingerprint density at radius 2 is 1.95 bits per heavy atom. The van der Waals surface area contributed by atoms with Gasteiger partial charge >= 0.3 is 5.97 Å². The number of carbonyl (C=O) groups is 3. The van der Waals surface area contributed by atoms with E-state index in [4.69, 9.17) is 5.11 Å². The molecule has 6 heteroatoms. The Morgan fingerprint density at radius 1 is 1.32 bits per heavy atom. The summed E-state index contributed by atoms with van der Waals surface area (Å²) < 4.78 is 0. The third-order valence-electron chi connectivity index (χ3n) is 2.60. The van der Waals surface area contributed by atoms with E-state index in [1.54, 1.807) is 0 Å². The smallest absolute Gasteiger partial charge is 0.325 e. The van der Waals surface area contributed by atoms with Gasteiger partial charge in [-0.15, -0.1) is 0 Å². The number of carboxylic acids is 1. The maximum absolute atomic E-state index is 11.9. The van der Waals surface area contributed by atoms with Crippen LogP contribution in [0.5, 0.6) is 0 Å². The van der Waals surface area contributed by atoms with Gasteiger partial charge in [0.15, 0.2) is 0 Å². The molecule has 0 aromatic heterocycles. The van der Waals surface area contributed by atoms with Crippen molar-refractivity contribution >= 4 is 18.3 Å². The first kappa shape index (κ1) is 14.7. The minimum absolute atomic E-state index is 0.303. The normalized spacial score (nSPS) is 13.1. The van der Waals surface area contributed by atoms with Gasteiger partial charge in [0.1, 0.15) is 12.1 Å². The molecule has 0 aliphatic carbocycles. The highest BCUT2D eigenvalue weighted by Crippen LogP contribution is 2.03. The van der Waals surface area contributed by atoms with Crippen LogP contribution in [0.15, 0.2) is 30.3 Å². The summed E-state index contributed by atoms with van der Waals surface area (Å²) in [6, 6.07) is 7.36. The lowest BCUT2D eigenvalue weighted by Crippen LogP contribution is -2.49. The highest BCUT2D eigenvalue weighted by Gasteiger charge is 2.22. The lowest BCUT2D eigenvalue weighted by atomic mass is 10.1. The summed E-state index contributed by atoms with van der Waals surface area (Å²) in [5.41, 5.74) is 0.875. The summed E-state index contributed by atoms with van der Waals surface area (Å²) >= 11 is 0. The van der Waals surface area contributed by atoms with Gasteiger partial charge in [0.05, 0.1) is 0 Å². The lowest BCUT2D eigenvalue weighted by Gasteiger charge is -2.17. The van der Waals surface area contributed by atoms with Gasteiger partial charge in [-0.1, -0.05) is 30.3 Å². The number of benzene rings is 1. The van der Waals surface area contributed by atoms with E-state index in [1.165, 1.54) is 6.92 Å². The van der Waals surface area contributed by atoms with Crippen molar-refractivity contribution in [3.05, 3.63) is 35.9 Å². The Bertz CT molecular complexity index is 447. The molecule has 0 aliphatic heterocycles. The van der Waals surface area contributed by atoms with Crippen molar-refractivity contribution in [3.63, 3.8) is 0 Å². The molecule has 2 unspecified atom stereocenters. The molecule has 3 N–H and O–H groups in total. The van der Waals surface area contributed by atoms with E-state index in [9.17, 15) is 14.4 Å². The van der Waals surface area contributed by atoms with Gasteiger partial charge in [0.25, 0.3) is 0 Å². The first-order valence-electron chi connectivity index (χ1n) is 5.81. The summed E-state index contributed by atoms with van der Waals surface area (Å²) in [5, 5.41) is 13.4. The van der Waals surface area contributed by atoms with Gasteiger partial charge in [-0.25, -0.2) is 0 Å². The van der Waals surface area contributed by atoms with Gasteiger partial charge in [-0.3, -0.25) is 14.4 Å². The molecule has 0 saturated heterocycles. The van der Waals surface area contributed by atoms with Gasteiger partial charge < -0.3 is 15.7 Å². The number of aliphatic carboxylic acids is 1. The average Bonchev–Trinajstić information content (AvgIpc) is 2.39. The van der Waals surface area contributed by atoms with Crippen LogP contribution in [-0.4, -0.2) is 35.5 Å². The quantitative estimate of drug-likeness (QED) is 0.601. The summed E-state index contributed by atoms with van der Waals surface area (Å²) in [6.45, 7) is 1.36. The van der Waals surface area contributed by atoms with Crippen LogP contribution in [0.1, 0.15) is 12.5 Å². The third-order valence-corrected chi connectivity index (χ3v) is 2.60. The third kappa shape index (κ3) is 4.79. The Morgan fingerprint density at radius 3 is 2.47 bits per heavy atom. The number of nitrogens with one attached hydrogen (secondary N) is 2. The van der Waals surface area contributed by atoms with Crippen molar-refractivity contribution in [2.24, 2.45) is 0 Å². The molecule has 1 rings (SSSR count). The van der Waals surface area contributed by atoms with E-state index < -0.39 is 24.0 Å². The minimum atomic E-state index is -1.13. The molecule has 0 bridgehead atoms. The van der Waals surface area contributed by atoms with Crippen LogP contribution >= 0.6 is 0 Å². The van der Waals surface area contributed by atoms with Crippen LogP contribution < -0.4 is 10.6 Å². The van der Waals surface area contributed by atoms with Crippen LogP contribution in [0.2, 0.25) is 0 Å². The first-order valence-corrected chi connectivity index (χ1v) is 5.81. The van der Waals surface area contributed by atoms with Crippen molar-refractivity contribution in [2.75, 3.05) is 0 Å². The maximum Gasteiger partial charge on any atom is 0.325 e. The van der Waals surface area contributed by atoms with Crippen molar-refractivity contribution in [1.82, 2.24) is 10.6 Å².